The monoisotopic (exact) mass is 135 g/mol. The minimum absolute atomic E-state index is 0.0451. The van der Waals surface area contributed by atoms with Gasteiger partial charge < -0.3 is 4.98 Å². The fourth-order valence-electron chi connectivity index (χ4n) is 0.725. The molecule has 10 heavy (non-hydrogen) atoms. The van der Waals surface area contributed by atoms with Gasteiger partial charge in [-0.2, -0.15) is 0 Å². The molecule has 1 rings (SSSR count). The Kier molecular flexibility index (Phi) is 2.05. The van der Waals surface area contributed by atoms with Crippen molar-refractivity contribution >= 4 is 5.78 Å². The SMILES string of the molecule is C/C=C/C(=O)c1cc[nH]c1. The fourth-order valence-corrected chi connectivity index (χ4v) is 0.725. The van der Waals surface area contributed by atoms with E-state index in [0.717, 1.165) is 0 Å². The molecule has 0 spiro atoms. The minimum Gasteiger partial charge on any atom is -0.367 e. The summed E-state index contributed by atoms with van der Waals surface area (Å²) in [5, 5.41) is 0. The summed E-state index contributed by atoms with van der Waals surface area (Å²) < 4.78 is 0. The van der Waals surface area contributed by atoms with Crippen LogP contribution < -0.4 is 0 Å². The van der Waals surface area contributed by atoms with Gasteiger partial charge in [0.1, 0.15) is 0 Å². The maximum absolute atomic E-state index is 11.0. The molecule has 0 aromatic carbocycles. The third kappa shape index (κ3) is 1.35. The second-order valence-electron chi connectivity index (χ2n) is 1.96. The van der Waals surface area contributed by atoms with Crippen LogP contribution in [0.1, 0.15) is 17.3 Å². The summed E-state index contributed by atoms with van der Waals surface area (Å²) in [7, 11) is 0. The number of H-pyrrole nitrogens is 1. The molecule has 0 aliphatic rings. The average molecular weight is 135 g/mol. The molecule has 0 aliphatic carbocycles. The molecule has 0 saturated heterocycles. The zero-order valence-electron chi connectivity index (χ0n) is 5.79. The van der Waals surface area contributed by atoms with Gasteiger partial charge >= 0.3 is 0 Å². The summed E-state index contributed by atoms with van der Waals surface area (Å²) >= 11 is 0. The van der Waals surface area contributed by atoms with E-state index in [1.807, 2.05) is 6.92 Å². The van der Waals surface area contributed by atoms with Gasteiger partial charge in [-0.3, -0.25) is 4.79 Å². The Hall–Kier alpha value is -1.31. The molecule has 0 atom stereocenters. The molecule has 0 radical (unpaired) electrons. The van der Waals surface area contributed by atoms with Crippen molar-refractivity contribution in [1.29, 1.82) is 0 Å². The van der Waals surface area contributed by atoms with Crippen LogP contribution in [0.5, 0.6) is 0 Å². The number of nitrogens with one attached hydrogen (secondary N) is 1. The third-order valence-corrected chi connectivity index (χ3v) is 1.20. The molecule has 0 unspecified atom stereocenters. The average Bonchev–Trinajstić information content (AvgIpc) is 2.38. The van der Waals surface area contributed by atoms with Crippen LogP contribution in [0.2, 0.25) is 0 Å². The maximum Gasteiger partial charge on any atom is 0.187 e. The highest BCUT2D eigenvalue weighted by atomic mass is 16.1. The number of hydrogen-bond donors (Lipinski definition) is 1. The van der Waals surface area contributed by atoms with Gasteiger partial charge in [-0.1, -0.05) is 6.08 Å². The molecular formula is C8H9NO. The van der Waals surface area contributed by atoms with Crippen LogP contribution in [0, 0.1) is 0 Å². The largest absolute Gasteiger partial charge is 0.367 e. The Morgan fingerprint density at radius 1 is 1.70 bits per heavy atom. The number of allylic oxidation sites excluding steroid dienone is 2. The highest BCUT2D eigenvalue weighted by Gasteiger charge is 1.98. The van der Waals surface area contributed by atoms with Crippen molar-refractivity contribution in [2.24, 2.45) is 0 Å². The van der Waals surface area contributed by atoms with Crippen LogP contribution in [0.25, 0.3) is 0 Å². The number of carbonyl (C=O) groups is 1. The molecule has 2 heteroatoms. The van der Waals surface area contributed by atoms with Crippen LogP contribution >= 0.6 is 0 Å². The predicted octanol–water partition coefficient (Wildman–Crippen LogP) is 1.77. The first kappa shape index (κ1) is 6.81. The molecule has 52 valence electrons. The molecule has 1 aromatic heterocycles. The molecular weight excluding hydrogens is 126 g/mol. The Balaban J connectivity index is 2.78. The zero-order chi connectivity index (χ0) is 7.40. The topological polar surface area (TPSA) is 32.9 Å². The molecule has 0 amide bonds. The van der Waals surface area contributed by atoms with E-state index in [9.17, 15) is 4.79 Å². The van der Waals surface area contributed by atoms with Crippen molar-refractivity contribution in [3.05, 3.63) is 36.2 Å². The van der Waals surface area contributed by atoms with Gasteiger partial charge in [0.05, 0.1) is 0 Å². The molecule has 0 saturated carbocycles. The number of aromatic amines is 1. The smallest absolute Gasteiger partial charge is 0.187 e. The fraction of sp³-hybridized carbons (Fsp3) is 0.125. The van der Waals surface area contributed by atoms with E-state index in [1.54, 1.807) is 30.6 Å². The predicted molar refractivity (Wildman–Crippen MR) is 39.9 cm³/mol. The van der Waals surface area contributed by atoms with E-state index in [2.05, 4.69) is 4.98 Å². The minimum atomic E-state index is 0.0451. The Bertz CT molecular complexity index is 234. The third-order valence-electron chi connectivity index (χ3n) is 1.20. The van der Waals surface area contributed by atoms with Gasteiger partial charge in [0.15, 0.2) is 5.78 Å². The number of aromatic nitrogens is 1. The standard InChI is InChI=1S/C8H9NO/c1-2-3-8(10)7-4-5-9-6-7/h2-6,9H,1H3/b3-2+. The number of carbonyl (C=O) groups excluding carboxylic acids is 1. The lowest BCUT2D eigenvalue weighted by atomic mass is 10.2. The van der Waals surface area contributed by atoms with Gasteiger partial charge in [-0.15, -0.1) is 0 Å². The van der Waals surface area contributed by atoms with E-state index < -0.39 is 0 Å². The zero-order valence-corrected chi connectivity index (χ0v) is 5.79. The first-order chi connectivity index (χ1) is 4.84. The highest BCUT2D eigenvalue weighted by Crippen LogP contribution is 1.98. The van der Waals surface area contributed by atoms with E-state index in [4.69, 9.17) is 0 Å². The molecule has 0 fully saturated rings. The lowest BCUT2D eigenvalue weighted by Crippen LogP contribution is -1.89. The summed E-state index contributed by atoms with van der Waals surface area (Å²) in [5.74, 6) is 0.0451. The molecule has 2 nitrogen and oxygen atoms in total. The maximum atomic E-state index is 11.0. The molecule has 1 N–H and O–H groups in total. The molecule has 1 aromatic rings. The van der Waals surface area contributed by atoms with E-state index >= 15 is 0 Å². The summed E-state index contributed by atoms with van der Waals surface area (Å²) in [6.45, 7) is 1.82. The number of hydrogen-bond acceptors (Lipinski definition) is 1. The molecule has 1 heterocycles. The Labute approximate surface area is 59.6 Å². The van der Waals surface area contributed by atoms with E-state index in [1.165, 1.54) is 0 Å². The highest BCUT2D eigenvalue weighted by molar-refractivity contribution is 6.04. The first-order valence-corrected chi connectivity index (χ1v) is 3.14. The summed E-state index contributed by atoms with van der Waals surface area (Å²) in [4.78, 5) is 13.8. The molecule has 0 aliphatic heterocycles. The lowest BCUT2D eigenvalue weighted by molar-refractivity contribution is 0.104. The van der Waals surface area contributed by atoms with Crippen LogP contribution in [0.15, 0.2) is 30.6 Å². The van der Waals surface area contributed by atoms with E-state index in [0.29, 0.717) is 5.56 Å². The Morgan fingerprint density at radius 2 is 2.50 bits per heavy atom. The van der Waals surface area contributed by atoms with Gasteiger partial charge in [0.25, 0.3) is 0 Å². The lowest BCUT2D eigenvalue weighted by Gasteiger charge is -1.84. The number of ketones is 1. The second kappa shape index (κ2) is 3.01. The second-order valence-corrected chi connectivity index (χ2v) is 1.96. The van der Waals surface area contributed by atoms with Gasteiger partial charge in [-0.25, -0.2) is 0 Å². The van der Waals surface area contributed by atoms with Crippen molar-refractivity contribution in [2.45, 2.75) is 6.92 Å². The van der Waals surface area contributed by atoms with Gasteiger partial charge in [0.2, 0.25) is 0 Å². The number of rotatable bonds is 2. The quantitative estimate of drug-likeness (QED) is 0.486. The van der Waals surface area contributed by atoms with Crippen molar-refractivity contribution in [3.63, 3.8) is 0 Å². The summed E-state index contributed by atoms with van der Waals surface area (Å²) in [6, 6.07) is 1.75. The van der Waals surface area contributed by atoms with Crippen LogP contribution in [-0.4, -0.2) is 10.8 Å². The first-order valence-electron chi connectivity index (χ1n) is 3.14. The normalized spacial score (nSPS) is 10.5. The van der Waals surface area contributed by atoms with Crippen LogP contribution in [0.3, 0.4) is 0 Å². The van der Waals surface area contributed by atoms with Crippen molar-refractivity contribution < 1.29 is 4.79 Å². The van der Waals surface area contributed by atoms with Crippen LogP contribution in [0.4, 0.5) is 0 Å². The Morgan fingerprint density at radius 3 is 3.00 bits per heavy atom. The van der Waals surface area contributed by atoms with Crippen molar-refractivity contribution in [2.75, 3.05) is 0 Å². The van der Waals surface area contributed by atoms with Crippen LogP contribution in [-0.2, 0) is 0 Å². The van der Waals surface area contributed by atoms with Gasteiger partial charge in [-0.05, 0) is 19.1 Å². The van der Waals surface area contributed by atoms with E-state index in [-0.39, 0.29) is 5.78 Å². The summed E-state index contributed by atoms with van der Waals surface area (Å²) in [5.41, 5.74) is 0.707. The van der Waals surface area contributed by atoms with Gasteiger partial charge in [0, 0.05) is 18.0 Å². The van der Waals surface area contributed by atoms with Crippen molar-refractivity contribution in [1.82, 2.24) is 4.98 Å². The summed E-state index contributed by atoms with van der Waals surface area (Å²) in [6.07, 6.45) is 6.69. The van der Waals surface area contributed by atoms with Crippen molar-refractivity contribution in [3.8, 4) is 0 Å². The molecule has 0 bridgehead atoms.